The fraction of sp³-hybridized carbons (Fsp3) is 0.682. The van der Waals surface area contributed by atoms with Crippen molar-refractivity contribution in [3.63, 3.8) is 0 Å². The highest BCUT2D eigenvalue weighted by Crippen LogP contribution is 2.46. The Morgan fingerprint density at radius 1 is 1.12 bits per heavy atom. The van der Waals surface area contributed by atoms with Gasteiger partial charge < -0.3 is 4.43 Å². The molecule has 2 aliphatic rings. The van der Waals surface area contributed by atoms with Crippen molar-refractivity contribution in [2.75, 3.05) is 0 Å². The Balaban J connectivity index is 1.90. The van der Waals surface area contributed by atoms with E-state index in [9.17, 15) is 4.79 Å². The molecule has 1 saturated carbocycles. The summed E-state index contributed by atoms with van der Waals surface area (Å²) in [4.78, 5) is 13.3. The summed E-state index contributed by atoms with van der Waals surface area (Å²) in [6, 6.07) is 8.24. The first-order chi connectivity index (χ1) is 11.6. The zero-order chi connectivity index (χ0) is 18.4. The minimum Gasteiger partial charge on any atom is -0.414 e. The van der Waals surface area contributed by atoms with E-state index in [1.54, 1.807) is 0 Å². The van der Waals surface area contributed by atoms with E-state index in [0.29, 0.717) is 17.6 Å². The van der Waals surface area contributed by atoms with Gasteiger partial charge in [0.1, 0.15) is 0 Å². The van der Waals surface area contributed by atoms with Gasteiger partial charge in [0.05, 0.1) is 0 Å². The van der Waals surface area contributed by atoms with Crippen molar-refractivity contribution in [3.05, 3.63) is 35.4 Å². The third-order valence-electron chi connectivity index (χ3n) is 6.90. The molecular weight excluding hydrogens is 324 g/mol. The summed E-state index contributed by atoms with van der Waals surface area (Å²) in [7, 11) is -1.83. The maximum Gasteiger partial charge on any atom is 0.192 e. The summed E-state index contributed by atoms with van der Waals surface area (Å²) < 4.78 is 6.87. The Morgan fingerprint density at radius 3 is 2.48 bits per heavy atom. The van der Waals surface area contributed by atoms with Crippen molar-refractivity contribution in [2.24, 2.45) is 17.8 Å². The van der Waals surface area contributed by atoms with E-state index in [0.717, 1.165) is 31.2 Å². The maximum atomic E-state index is 13.3. The predicted molar refractivity (Wildman–Crippen MR) is 107 cm³/mol. The molecule has 4 atom stereocenters. The van der Waals surface area contributed by atoms with E-state index in [2.05, 4.69) is 52.9 Å². The number of hydrogen-bond donors (Lipinski definition) is 0. The second kappa shape index (κ2) is 6.66. The molecule has 1 fully saturated rings. The molecular formula is C22H34O2Si. The summed E-state index contributed by atoms with van der Waals surface area (Å²) >= 11 is 0. The molecule has 1 aromatic rings. The molecule has 0 radical (unpaired) electrons. The Kier molecular flexibility index (Phi) is 5.02. The van der Waals surface area contributed by atoms with Crippen molar-refractivity contribution >= 4 is 14.1 Å². The molecule has 2 aliphatic carbocycles. The lowest BCUT2D eigenvalue weighted by molar-refractivity contribution is 0.0179. The highest BCUT2D eigenvalue weighted by Gasteiger charge is 2.47. The average Bonchev–Trinajstić information content (AvgIpc) is 2.64. The molecule has 2 nitrogen and oxygen atoms in total. The quantitative estimate of drug-likeness (QED) is 0.618. The molecule has 3 rings (SSSR count). The van der Waals surface area contributed by atoms with Crippen LogP contribution in [0.15, 0.2) is 24.3 Å². The van der Waals surface area contributed by atoms with Crippen LogP contribution in [0.1, 0.15) is 62.9 Å². The van der Waals surface area contributed by atoms with Crippen LogP contribution in [0.3, 0.4) is 0 Å². The Bertz CT molecular complexity index is 644. The topological polar surface area (TPSA) is 26.3 Å². The minimum absolute atomic E-state index is 0.141. The first-order valence-corrected chi connectivity index (χ1v) is 12.8. The first-order valence-electron chi connectivity index (χ1n) is 9.90. The van der Waals surface area contributed by atoms with Gasteiger partial charge in [0.15, 0.2) is 14.1 Å². The fourth-order valence-electron chi connectivity index (χ4n) is 4.41. The van der Waals surface area contributed by atoms with Gasteiger partial charge in [-0.15, -0.1) is 0 Å². The fourth-order valence-corrected chi connectivity index (χ4v) is 5.80. The van der Waals surface area contributed by atoms with E-state index in [-0.39, 0.29) is 17.1 Å². The van der Waals surface area contributed by atoms with Gasteiger partial charge in [-0.1, -0.05) is 52.0 Å². The summed E-state index contributed by atoms with van der Waals surface area (Å²) in [6.45, 7) is 13.9. The number of hydrogen-bond acceptors (Lipinski definition) is 2. The summed E-state index contributed by atoms with van der Waals surface area (Å²) in [5.41, 5.74) is 2.20. The van der Waals surface area contributed by atoms with Crippen molar-refractivity contribution in [3.8, 4) is 0 Å². The van der Waals surface area contributed by atoms with Gasteiger partial charge in [-0.2, -0.15) is 0 Å². The van der Waals surface area contributed by atoms with Gasteiger partial charge in [0, 0.05) is 17.6 Å². The number of rotatable bonds is 2. The van der Waals surface area contributed by atoms with E-state index in [4.69, 9.17) is 4.43 Å². The zero-order valence-corrected chi connectivity index (χ0v) is 17.8. The third kappa shape index (κ3) is 3.64. The van der Waals surface area contributed by atoms with Crippen LogP contribution in [0.5, 0.6) is 0 Å². The lowest BCUT2D eigenvalue weighted by Crippen LogP contribution is -2.49. The van der Waals surface area contributed by atoms with Crippen molar-refractivity contribution in [1.82, 2.24) is 0 Å². The minimum atomic E-state index is -1.83. The van der Waals surface area contributed by atoms with Gasteiger partial charge in [-0.3, -0.25) is 4.79 Å². The van der Waals surface area contributed by atoms with E-state index >= 15 is 0 Å². The predicted octanol–water partition coefficient (Wildman–Crippen LogP) is 5.87. The highest BCUT2D eigenvalue weighted by molar-refractivity contribution is 6.74. The molecule has 1 aromatic carbocycles. The summed E-state index contributed by atoms with van der Waals surface area (Å²) in [5.74, 6) is 1.45. The van der Waals surface area contributed by atoms with Crippen molar-refractivity contribution in [2.45, 2.75) is 77.6 Å². The van der Waals surface area contributed by atoms with Crippen molar-refractivity contribution < 1.29 is 9.22 Å². The second-order valence-electron chi connectivity index (χ2n) is 9.82. The molecule has 25 heavy (non-hydrogen) atoms. The van der Waals surface area contributed by atoms with E-state index in [1.807, 2.05) is 12.1 Å². The van der Waals surface area contributed by atoms with Crippen LogP contribution < -0.4 is 0 Å². The van der Waals surface area contributed by atoms with Crippen molar-refractivity contribution in [1.29, 1.82) is 0 Å². The van der Waals surface area contributed by atoms with Crippen LogP contribution in [0.4, 0.5) is 0 Å². The number of benzene rings is 1. The molecule has 0 saturated heterocycles. The number of aryl methyl sites for hydroxylation is 1. The second-order valence-corrected chi connectivity index (χ2v) is 14.6. The van der Waals surface area contributed by atoms with Gasteiger partial charge in [-0.05, 0) is 61.2 Å². The maximum absolute atomic E-state index is 13.3. The van der Waals surface area contributed by atoms with Crippen LogP contribution in [0.25, 0.3) is 0 Å². The number of carbonyl (C=O) groups is 1. The molecule has 0 spiro atoms. The highest BCUT2D eigenvalue weighted by atomic mass is 28.4. The largest absolute Gasteiger partial charge is 0.414 e. The Hall–Kier alpha value is -0.933. The molecule has 0 bridgehead atoms. The monoisotopic (exact) mass is 358 g/mol. The van der Waals surface area contributed by atoms with Gasteiger partial charge in [-0.25, -0.2) is 0 Å². The van der Waals surface area contributed by atoms with Gasteiger partial charge in [0.25, 0.3) is 0 Å². The lowest BCUT2D eigenvalue weighted by atomic mass is 9.70. The number of ketones is 1. The SMILES string of the molecule is C[C@@H]1C[C@@H]2C(=O)c3ccccc3CC[C@H]2[C@H](O[Si](C)(C)C(C)(C)C)C1. The number of fused-ring (bicyclic) bond motifs is 2. The van der Waals surface area contributed by atoms with E-state index in [1.165, 1.54) is 5.56 Å². The third-order valence-corrected chi connectivity index (χ3v) is 11.4. The van der Waals surface area contributed by atoms with Crippen LogP contribution in [0.2, 0.25) is 18.1 Å². The van der Waals surface area contributed by atoms with Crippen LogP contribution in [0, 0.1) is 17.8 Å². The van der Waals surface area contributed by atoms with Crippen LogP contribution in [-0.2, 0) is 10.8 Å². The number of carbonyl (C=O) groups excluding carboxylic acids is 1. The molecule has 0 aromatic heterocycles. The Morgan fingerprint density at radius 2 is 1.80 bits per heavy atom. The molecule has 0 heterocycles. The summed E-state index contributed by atoms with van der Waals surface area (Å²) in [6.07, 6.45) is 4.47. The van der Waals surface area contributed by atoms with E-state index < -0.39 is 8.32 Å². The molecule has 0 aliphatic heterocycles. The molecule has 0 N–H and O–H groups in total. The van der Waals surface area contributed by atoms with Crippen LogP contribution >= 0.6 is 0 Å². The molecule has 0 unspecified atom stereocenters. The van der Waals surface area contributed by atoms with Gasteiger partial charge >= 0.3 is 0 Å². The normalized spacial score (nSPS) is 30.4. The first kappa shape index (κ1) is 18.8. The average molecular weight is 359 g/mol. The molecule has 3 heteroatoms. The van der Waals surface area contributed by atoms with Gasteiger partial charge in [0.2, 0.25) is 0 Å². The summed E-state index contributed by atoms with van der Waals surface area (Å²) in [5, 5.41) is 0.209. The lowest BCUT2D eigenvalue weighted by Gasteiger charge is -2.46. The number of Topliss-reactive ketones (excluding diaryl/α,β-unsaturated/α-hetero) is 1. The molecule has 0 amide bonds. The standard InChI is InChI=1S/C22H34O2Si/c1-15-13-19-18(20(14-15)24-25(5,6)22(2,3)4)12-11-16-9-7-8-10-17(16)21(19)23/h7-10,15,18-20H,11-14H2,1-6H3/t15-,18-,19+,20-/m1/s1. The molecule has 138 valence electrons. The zero-order valence-electron chi connectivity index (χ0n) is 16.8. The van der Waals surface area contributed by atoms with Crippen LogP contribution in [-0.4, -0.2) is 20.2 Å². The smallest absolute Gasteiger partial charge is 0.192 e. The Labute approximate surface area is 154 Å².